The first-order valence-electron chi connectivity index (χ1n) is 15.8. The van der Waals surface area contributed by atoms with E-state index in [1.54, 1.807) is 0 Å². The fourth-order valence-electron chi connectivity index (χ4n) is 6.93. The normalized spacial score (nSPS) is 20.7. The molecule has 12 heteroatoms. The highest BCUT2D eigenvalue weighted by molar-refractivity contribution is 5.97. The molecule has 1 amide bonds. The van der Waals surface area contributed by atoms with Crippen LogP contribution in [0.2, 0.25) is 0 Å². The minimum Gasteiger partial charge on any atom is -0.462 e. The van der Waals surface area contributed by atoms with Crippen LogP contribution in [0.4, 0.5) is 24.7 Å². The topological polar surface area (TPSA) is 88.8 Å². The van der Waals surface area contributed by atoms with E-state index in [-0.39, 0.29) is 37.6 Å². The van der Waals surface area contributed by atoms with Crippen LogP contribution in [0.3, 0.4) is 0 Å². The molecule has 6 rings (SSSR count). The van der Waals surface area contributed by atoms with E-state index in [4.69, 9.17) is 14.7 Å². The Bertz CT molecular complexity index is 1670. The number of carbonyl (C=O) groups is 1. The van der Waals surface area contributed by atoms with Crippen molar-refractivity contribution >= 4 is 28.2 Å². The SMILES string of the molecule is Cc1cccc2cccc(N3CCc4c(nc(OC[C@@H]5CCCN5C)nc4N4CCN(C(=O)/C=C/C(F)(F)F)[C@@H](CC#N)C4)C3)c12. The molecule has 9 nitrogen and oxygen atoms in total. The van der Waals surface area contributed by atoms with Crippen molar-refractivity contribution in [2.45, 2.75) is 57.4 Å². The molecule has 242 valence electrons. The number of amides is 1. The minimum absolute atomic E-state index is 0.0129. The first kappa shape index (κ1) is 31.6. The number of likely N-dealkylation sites (tertiary alicyclic amines) is 1. The summed E-state index contributed by atoms with van der Waals surface area (Å²) in [6.45, 7) is 5.69. The molecule has 3 aliphatic heterocycles. The number of anilines is 2. The van der Waals surface area contributed by atoms with Gasteiger partial charge in [0.15, 0.2) is 0 Å². The van der Waals surface area contributed by atoms with Gasteiger partial charge in [0, 0.05) is 61.0 Å². The number of carbonyl (C=O) groups excluding carboxylic acids is 1. The molecule has 0 unspecified atom stereocenters. The Morgan fingerprint density at radius 2 is 1.89 bits per heavy atom. The van der Waals surface area contributed by atoms with Crippen LogP contribution in [0.5, 0.6) is 6.01 Å². The molecule has 1 aromatic heterocycles. The van der Waals surface area contributed by atoms with Crippen molar-refractivity contribution in [3.05, 3.63) is 65.4 Å². The highest BCUT2D eigenvalue weighted by Crippen LogP contribution is 2.36. The fraction of sp³-hybridized carbons (Fsp3) is 0.471. The number of allylic oxidation sites excluding steroid dienone is 1. The summed E-state index contributed by atoms with van der Waals surface area (Å²) >= 11 is 0. The summed E-state index contributed by atoms with van der Waals surface area (Å²) in [7, 11) is 2.09. The molecule has 0 N–H and O–H groups in total. The predicted molar refractivity (Wildman–Crippen MR) is 170 cm³/mol. The van der Waals surface area contributed by atoms with Crippen LogP contribution in [0.15, 0.2) is 48.6 Å². The van der Waals surface area contributed by atoms with Gasteiger partial charge in [-0.2, -0.15) is 28.4 Å². The fourth-order valence-corrected chi connectivity index (χ4v) is 6.93. The molecule has 3 aliphatic rings. The maximum absolute atomic E-state index is 12.8. The highest BCUT2D eigenvalue weighted by Gasteiger charge is 2.34. The van der Waals surface area contributed by atoms with Crippen LogP contribution < -0.4 is 14.5 Å². The second-order valence-corrected chi connectivity index (χ2v) is 12.3. The van der Waals surface area contributed by atoms with Crippen molar-refractivity contribution in [3.8, 4) is 12.1 Å². The predicted octanol–water partition coefficient (Wildman–Crippen LogP) is 5.02. The minimum atomic E-state index is -4.59. The number of alkyl halides is 3. The van der Waals surface area contributed by atoms with Crippen LogP contribution in [-0.2, 0) is 17.8 Å². The van der Waals surface area contributed by atoms with E-state index in [0.717, 1.165) is 42.9 Å². The Hall–Kier alpha value is -4.37. The molecule has 4 heterocycles. The number of fused-ring (bicyclic) bond motifs is 2. The zero-order chi connectivity index (χ0) is 32.4. The largest absolute Gasteiger partial charge is 0.462 e. The van der Waals surface area contributed by atoms with Gasteiger partial charge < -0.3 is 24.3 Å². The number of rotatable bonds is 7. The number of hydrogen-bond donors (Lipinski definition) is 0. The van der Waals surface area contributed by atoms with Crippen LogP contribution >= 0.6 is 0 Å². The smallest absolute Gasteiger partial charge is 0.409 e. The average molecular weight is 634 g/mol. The lowest BCUT2D eigenvalue weighted by Crippen LogP contribution is -2.55. The molecule has 2 saturated heterocycles. The molecule has 2 atom stereocenters. The Kier molecular flexibility index (Phi) is 9.04. The van der Waals surface area contributed by atoms with Gasteiger partial charge in [-0.25, -0.2) is 0 Å². The summed E-state index contributed by atoms with van der Waals surface area (Å²) in [6.07, 6.45) is -1.29. The monoisotopic (exact) mass is 633 g/mol. The van der Waals surface area contributed by atoms with Gasteiger partial charge in [0.25, 0.3) is 0 Å². The third-order valence-electron chi connectivity index (χ3n) is 9.34. The van der Waals surface area contributed by atoms with Crippen LogP contribution in [0.1, 0.15) is 36.1 Å². The third kappa shape index (κ3) is 6.75. The van der Waals surface area contributed by atoms with Crippen molar-refractivity contribution in [2.24, 2.45) is 0 Å². The molecule has 0 spiro atoms. The molecule has 0 radical (unpaired) electrons. The number of likely N-dealkylation sites (N-methyl/N-ethyl adjacent to an activating group) is 1. The summed E-state index contributed by atoms with van der Waals surface area (Å²) in [4.78, 5) is 30.6. The van der Waals surface area contributed by atoms with Crippen molar-refractivity contribution in [1.82, 2.24) is 19.8 Å². The molecule has 0 aliphatic carbocycles. The maximum atomic E-state index is 12.8. The van der Waals surface area contributed by atoms with Crippen LogP contribution in [0, 0.1) is 18.3 Å². The Morgan fingerprint density at radius 1 is 1.09 bits per heavy atom. The first-order valence-corrected chi connectivity index (χ1v) is 15.8. The standard InChI is InChI=1S/C34H38F3N7O2/c1-23-6-3-7-24-8-4-10-29(31(23)24)42-17-13-27-28(21-42)39-33(46-22-26-9-5-16-41(26)2)40-32(27)43-18-19-44(25(20-43)12-15-38)30(45)11-14-34(35,36)37/h3-4,6-8,10-11,14,25-26H,5,9,12-13,16-22H2,1-2H3/b14-11+/t25-,26-/m0/s1. The first-order chi connectivity index (χ1) is 22.1. The molecular formula is C34H38F3N7O2. The van der Waals surface area contributed by atoms with Gasteiger partial charge in [-0.1, -0.05) is 30.3 Å². The van der Waals surface area contributed by atoms with Crippen molar-refractivity contribution in [3.63, 3.8) is 0 Å². The molecule has 2 aromatic carbocycles. The van der Waals surface area contributed by atoms with E-state index in [1.165, 1.54) is 21.2 Å². The van der Waals surface area contributed by atoms with E-state index in [2.05, 4.69) is 66.2 Å². The number of benzene rings is 2. The van der Waals surface area contributed by atoms with Gasteiger partial charge >= 0.3 is 12.2 Å². The zero-order valence-electron chi connectivity index (χ0n) is 26.1. The van der Waals surface area contributed by atoms with Crippen LogP contribution in [0.25, 0.3) is 10.8 Å². The Morgan fingerprint density at radius 3 is 2.63 bits per heavy atom. The summed E-state index contributed by atoms with van der Waals surface area (Å²) < 4.78 is 44.6. The summed E-state index contributed by atoms with van der Waals surface area (Å²) in [5.41, 5.74) is 4.20. The lowest BCUT2D eigenvalue weighted by molar-refractivity contribution is -0.129. The lowest BCUT2D eigenvalue weighted by atomic mass is 9.99. The van der Waals surface area contributed by atoms with Gasteiger partial charge in [0.05, 0.1) is 30.8 Å². The van der Waals surface area contributed by atoms with Gasteiger partial charge in [0.1, 0.15) is 12.4 Å². The van der Waals surface area contributed by atoms with Gasteiger partial charge in [-0.15, -0.1) is 0 Å². The number of ether oxygens (including phenoxy) is 1. The molecule has 0 bridgehead atoms. The maximum Gasteiger partial charge on any atom is 0.409 e. The summed E-state index contributed by atoms with van der Waals surface area (Å²) in [6, 6.07) is 14.7. The lowest BCUT2D eigenvalue weighted by Gasteiger charge is -2.42. The van der Waals surface area contributed by atoms with E-state index < -0.39 is 18.1 Å². The van der Waals surface area contributed by atoms with E-state index in [1.807, 2.05) is 4.90 Å². The van der Waals surface area contributed by atoms with Crippen molar-refractivity contribution < 1.29 is 22.7 Å². The van der Waals surface area contributed by atoms with E-state index in [9.17, 15) is 23.2 Å². The quantitative estimate of drug-likeness (QED) is 0.335. The number of piperazine rings is 1. The summed E-state index contributed by atoms with van der Waals surface area (Å²) in [5, 5.41) is 11.9. The zero-order valence-corrected chi connectivity index (χ0v) is 26.1. The third-order valence-corrected chi connectivity index (χ3v) is 9.34. The average Bonchev–Trinajstić information content (AvgIpc) is 3.46. The number of aromatic nitrogens is 2. The molecule has 0 saturated carbocycles. The Labute approximate surface area is 266 Å². The van der Waals surface area contributed by atoms with Gasteiger partial charge in [0.2, 0.25) is 5.91 Å². The number of nitriles is 1. The number of hydrogen-bond acceptors (Lipinski definition) is 8. The Balaban J connectivity index is 1.31. The van der Waals surface area contributed by atoms with Gasteiger partial charge in [-0.05, 0) is 56.8 Å². The number of nitrogens with zero attached hydrogens (tertiary/aromatic N) is 7. The second-order valence-electron chi connectivity index (χ2n) is 12.3. The number of aryl methyl sites for hydroxylation is 1. The molecule has 2 fully saturated rings. The van der Waals surface area contributed by atoms with Crippen molar-refractivity contribution in [2.75, 3.05) is 56.2 Å². The summed E-state index contributed by atoms with van der Waals surface area (Å²) in [5.74, 6) is -0.0536. The van der Waals surface area contributed by atoms with E-state index in [0.29, 0.717) is 38.0 Å². The highest BCUT2D eigenvalue weighted by atomic mass is 19.4. The van der Waals surface area contributed by atoms with E-state index >= 15 is 0 Å². The van der Waals surface area contributed by atoms with Crippen LogP contribution in [-0.4, -0.2) is 90.3 Å². The second kappa shape index (κ2) is 13.2. The molecule has 46 heavy (non-hydrogen) atoms. The van der Waals surface area contributed by atoms with Crippen molar-refractivity contribution in [1.29, 1.82) is 5.26 Å². The number of halogens is 3. The van der Waals surface area contributed by atoms with Gasteiger partial charge in [-0.3, -0.25) is 4.79 Å². The molecular weight excluding hydrogens is 595 g/mol. The molecule has 3 aromatic rings.